The molecular formula is C12H17N5S. The first kappa shape index (κ1) is 11.5. The van der Waals surface area contributed by atoms with E-state index < -0.39 is 0 Å². The second kappa shape index (κ2) is 4.61. The van der Waals surface area contributed by atoms with Crippen molar-refractivity contribution in [2.24, 2.45) is 0 Å². The van der Waals surface area contributed by atoms with Gasteiger partial charge in [0.1, 0.15) is 5.82 Å². The number of piperidine rings is 1. The van der Waals surface area contributed by atoms with Gasteiger partial charge in [-0.15, -0.1) is 11.3 Å². The normalized spacial score (nSPS) is 17.3. The van der Waals surface area contributed by atoms with Crippen molar-refractivity contribution in [2.75, 3.05) is 23.7 Å². The highest BCUT2D eigenvalue weighted by Gasteiger charge is 2.22. The molecule has 0 aromatic carbocycles. The van der Waals surface area contributed by atoms with E-state index in [0.29, 0.717) is 11.9 Å². The molecule has 96 valence electrons. The third-order valence-corrected chi connectivity index (χ3v) is 4.36. The van der Waals surface area contributed by atoms with E-state index in [1.165, 1.54) is 0 Å². The third kappa shape index (κ3) is 2.20. The topological polar surface area (TPSA) is 60.0 Å². The Morgan fingerprint density at radius 1 is 1.39 bits per heavy atom. The minimum absolute atomic E-state index is 0.472. The van der Waals surface area contributed by atoms with Gasteiger partial charge in [-0.3, -0.25) is 4.68 Å². The van der Waals surface area contributed by atoms with Gasteiger partial charge in [-0.2, -0.15) is 5.10 Å². The van der Waals surface area contributed by atoms with Crippen molar-refractivity contribution < 1.29 is 0 Å². The first-order chi connectivity index (χ1) is 8.72. The van der Waals surface area contributed by atoms with Crippen molar-refractivity contribution in [2.45, 2.75) is 25.8 Å². The van der Waals surface area contributed by atoms with Crippen molar-refractivity contribution >= 4 is 22.3 Å². The molecular weight excluding hydrogens is 246 g/mol. The smallest absolute Gasteiger partial charge is 0.185 e. The molecule has 1 fully saturated rings. The number of hydrogen-bond donors (Lipinski definition) is 1. The number of anilines is 2. The van der Waals surface area contributed by atoms with E-state index in [1.807, 2.05) is 23.9 Å². The van der Waals surface area contributed by atoms with Crippen molar-refractivity contribution in [3.63, 3.8) is 0 Å². The standard InChI is InChI=1S/C12H17N5S/c1-9-8-18-12(14-9)16-5-2-10(3-6-16)17-7-4-11(13)15-17/h4,7-8,10H,2-3,5-6H2,1H3,(H2,13,15). The predicted octanol–water partition coefficient (Wildman–Crippen LogP) is 2.07. The SMILES string of the molecule is Cc1csc(N2CCC(n3ccc(N)n3)CC2)n1. The highest BCUT2D eigenvalue weighted by molar-refractivity contribution is 7.13. The quantitative estimate of drug-likeness (QED) is 0.901. The minimum Gasteiger partial charge on any atom is -0.382 e. The second-order valence-corrected chi connectivity index (χ2v) is 5.55. The van der Waals surface area contributed by atoms with Crippen LogP contribution in [0.4, 0.5) is 10.9 Å². The fraction of sp³-hybridized carbons (Fsp3) is 0.500. The lowest BCUT2D eigenvalue weighted by atomic mass is 10.1. The van der Waals surface area contributed by atoms with Gasteiger partial charge in [-0.1, -0.05) is 0 Å². The Morgan fingerprint density at radius 2 is 2.17 bits per heavy atom. The van der Waals surface area contributed by atoms with E-state index in [0.717, 1.165) is 36.8 Å². The lowest BCUT2D eigenvalue weighted by molar-refractivity contribution is 0.367. The molecule has 5 nitrogen and oxygen atoms in total. The maximum Gasteiger partial charge on any atom is 0.185 e. The van der Waals surface area contributed by atoms with Crippen molar-refractivity contribution in [1.29, 1.82) is 0 Å². The molecule has 1 aliphatic rings. The summed E-state index contributed by atoms with van der Waals surface area (Å²) in [6.45, 7) is 4.12. The van der Waals surface area contributed by atoms with Gasteiger partial charge >= 0.3 is 0 Å². The first-order valence-electron chi connectivity index (χ1n) is 6.20. The summed E-state index contributed by atoms with van der Waals surface area (Å²) in [5.41, 5.74) is 6.76. The third-order valence-electron chi connectivity index (χ3n) is 3.34. The minimum atomic E-state index is 0.472. The number of aryl methyl sites for hydroxylation is 1. The maximum absolute atomic E-state index is 5.66. The van der Waals surface area contributed by atoms with E-state index in [1.54, 1.807) is 11.3 Å². The van der Waals surface area contributed by atoms with Crippen LogP contribution in [-0.4, -0.2) is 27.9 Å². The lowest BCUT2D eigenvalue weighted by Crippen LogP contribution is -2.34. The van der Waals surface area contributed by atoms with E-state index in [-0.39, 0.29) is 0 Å². The van der Waals surface area contributed by atoms with Crippen molar-refractivity contribution in [1.82, 2.24) is 14.8 Å². The molecule has 1 aliphatic heterocycles. The summed E-state index contributed by atoms with van der Waals surface area (Å²) in [7, 11) is 0. The Hall–Kier alpha value is -1.56. The lowest BCUT2D eigenvalue weighted by Gasteiger charge is -2.31. The van der Waals surface area contributed by atoms with E-state index >= 15 is 0 Å². The molecule has 2 aromatic rings. The first-order valence-corrected chi connectivity index (χ1v) is 7.08. The second-order valence-electron chi connectivity index (χ2n) is 4.71. The van der Waals surface area contributed by atoms with Gasteiger partial charge < -0.3 is 10.6 Å². The van der Waals surface area contributed by atoms with Crippen LogP contribution in [0, 0.1) is 6.92 Å². The van der Waals surface area contributed by atoms with Crippen LogP contribution < -0.4 is 10.6 Å². The molecule has 0 atom stereocenters. The van der Waals surface area contributed by atoms with Gasteiger partial charge in [0.05, 0.1) is 11.7 Å². The molecule has 3 heterocycles. The van der Waals surface area contributed by atoms with Crippen LogP contribution in [0.25, 0.3) is 0 Å². The molecule has 0 saturated carbocycles. The number of nitrogen functional groups attached to an aromatic ring is 1. The Kier molecular flexibility index (Phi) is 2.95. The zero-order valence-corrected chi connectivity index (χ0v) is 11.2. The molecule has 0 aliphatic carbocycles. The summed E-state index contributed by atoms with van der Waals surface area (Å²) in [4.78, 5) is 6.90. The van der Waals surface area contributed by atoms with E-state index in [2.05, 4.69) is 20.4 Å². The molecule has 0 bridgehead atoms. The molecule has 0 amide bonds. The molecule has 0 spiro atoms. The molecule has 18 heavy (non-hydrogen) atoms. The van der Waals surface area contributed by atoms with Gasteiger partial charge in [-0.25, -0.2) is 4.98 Å². The van der Waals surface area contributed by atoms with Crippen LogP contribution in [0.3, 0.4) is 0 Å². The van der Waals surface area contributed by atoms with Gasteiger partial charge in [-0.05, 0) is 25.8 Å². The number of hydrogen-bond acceptors (Lipinski definition) is 5. The molecule has 1 saturated heterocycles. The monoisotopic (exact) mass is 263 g/mol. The van der Waals surface area contributed by atoms with E-state index in [9.17, 15) is 0 Å². The highest BCUT2D eigenvalue weighted by Crippen LogP contribution is 2.28. The maximum atomic E-state index is 5.66. The van der Waals surface area contributed by atoms with Gasteiger partial charge in [0.15, 0.2) is 5.13 Å². The molecule has 3 rings (SSSR count). The Labute approximate surface area is 110 Å². The number of nitrogens with zero attached hydrogens (tertiary/aromatic N) is 4. The molecule has 6 heteroatoms. The fourth-order valence-electron chi connectivity index (χ4n) is 2.36. The molecule has 0 radical (unpaired) electrons. The van der Waals surface area contributed by atoms with Crippen LogP contribution in [0.15, 0.2) is 17.6 Å². The Balaban J connectivity index is 1.64. The summed E-state index contributed by atoms with van der Waals surface area (Å²) in [6, 6.07) is 2.33. The molecule has 2 aromatic heterocycles. The number of aromatic nitrogens is 3. The van der Waals surface area contributed by atoms with Gasteiger partial charge in [0.2, 0.25) is 0 Å². The summed E-state index contributed by atoms with van der Waals surface area (Å²) >= 11 is 1.73. The van der Waals surface area contributed by atoms with Gasteiger partial charge in [0.25, 0.3) is 0 Å². The summed E-state index contributed by atoms with van der Waals surface area (Å²) in [6.07, 6.45) is 4.17. The zero-order valence-electron chi connectivity index (χ0n) is 10.4. The number of thiazole rings is 1. The molecule has 0 unspecified atom stereocenters. The predicted molar refractivity (Wildman–Crippen MR) is 74.0 cm³/mol. The van der Waals surface area contributed by atoms with Crippen LogP contribution in [0.1, 0.15) is 24.6 Å². The molecule has 2 N–H and O–H groups in total. The summed E-state index contributed by atoms with van der Waals surface area (Å²) < 4.78 is 2.00. The van der Waals surface area contributed by atoms with Crippen LogP contribution in [0.5, 0.6) is 0 Å². The Morgan fingerprint density at radius 3 is 2.72 bits per heavy atom. The van der Waals surface area contributed by atoms with Crippen molar-refractivity contribution in [3.05, 3.63) is 23.3 Å². The average molecular weight is 263 g/mol. The average Bonchev–Trinajstić information content (AvgIpc) is 2.98. The van der Waals surface area contributed by atoms with Gasteiger partial charge in [0, 0.05) is 24.7 Å². The van der Waals surface area contributed by atoms with Crippen LogP contribution >= 0.6 is 11.3 Å². The fourth-order valence-corrected chi connectivity index (χ4v) is 3.22. The van der Waals surface area contributed by atoms with E-state index in [4.69, 9.17) is 5.73 Å². The number of rotatable bonds is 2. The summed E-state index contributed by atoms with van der Waals surface area (Å²) in [5.74, 6) is 0.605. The van der Waals surface area contributed by atoms with Crippen LogP contribution in [-0.2, 0) is 0 Å². The zero-order chi connectivity index (χ0) is 12.5. The largest absolute Gasteiger partial charge is 0.382 e. The summed E-state index contributed by atoms with van der Waals surface area (Å²) in [5, 5.41) is 7.55. The van der Waals surface area contributed by atoms with Crippen molar-refractivity contribution in [3.8, 4) is 0 Å². The number of nitrogens with two attached hydrogens (primary N) is 1. The Bertz CT molecular complexity index is 476. The highest BCUT2D eigenvalue weighted by atomic mass is 32.1. The van der Waals surface area contributed by atoms with Crippen LogP contribution in [0.2, 0.25) is 0 Å².